The van der Waals surface area contributed by atoms with Gasteiger partial charge in [-0.25, -0.2) is 0 Å². The summed E-state index contributed by atoms with van der Waals surface area (Å²) >= 11 is 5.83. The predicted molar refractivity (Wildman–Crippen MR) is 67.4 cm³/mol. The van der Waals surface area contributed by atoms with Crippen LogP contribution in [0.4, 0.5) is 0 Å². The summed E-state index contributed by atoms with van der Waals surface area (Å²) in [4.78, 5) is 0. The van der Waals surface area contributed by atoms with E-state index in [1.54, 1.807) is 0 Å². The van der Waals surface area contributed by atoms with Crippen LogP contribution in [0.15, 0.2) is 36.9 Å². The summed E-state index contributed by atoms with van der Waals surface area (Å²) in [5.41, 5.74) is 1.30. The van der Waals surface area contributed by atoms with E-state index in [-0.39, 0.29) is 0 Å². The van der Waals surface area contributed by atoms with Crippen molar-refractivity contribution in [1.82, 2.24) is 5.32 Å². The van der Waals surface area contributed by atoms with Crippen molar-refractivity contribution in [2.75, 3.05) is 0 Å². The first kappa shape index (κ1) is 12.3. The van der Waals surface area contributed by atoms with E-state index in [4.69, 9.17) is 11.6 Å². The minimum absolute atomic E-state index is 0.354. The van der Waals surface area contributed by atoms with Crippen molar-refractivity contribution < 1.29 is 0 Å². The van der Waals surface area contributed by atoms with Gasteiger partial charge in [0.05, 0.1) is 0 Å². The molecule has 1 aromatic carbocycles. The molecule has 0 aromatic heterocycles. The van der Waals surface area contributed by atoms with Crippen LogP contribution in [0.3, 0.4) is 0 Å². The predicted octanol–water partition coefficient (Wildman–Crippen LogP) is 3.44. The van der Waals surface area contributed by atoms with E-state index in [0.29, 0.717) is 12.1 Å². The number of halogens is 1. The lowest BCUT2D eigenvalue weighted by Crippen LogP contribution is -2.34. The molecule has 0 bridgehead atoms. The van der Waals surface area contributed by atoms with Gasteiger partial charge in [0.25, 0.3) is 0 Å². The fraction of sp³-hybridized carbons (Fsp3) is 0.385. The van der Waals surface area contributed by atoms with Gasteiger partial charge < -0.3 is 5.32 Å². The highest BCUT2D eigenvalue weighted by atomic mass is 35.5. The van der Waals surface area contributed by atoms with Gasteiger partial charge in [-0.15, -0.1) is 6.58 Å². The second kappa shape index (κ2) is 5.94. The Hall–Kier alpha value is -0.790. The molecule has 1 aromatic rings. The molecule has 15 heavy (non-hydrogen) atoms. The Morgan fingerprint density at radius 1 is 1.33 bits per heavy atom. The number of rotatable bonds is 5. The van der Waals surface area contributed by atoms with Crippen LogP contribution in [0.25, 0.3) is 0 Å². The van der Waals surface area contributed by atoms with Gasteiger partial charge in [-0.05, 0) is 38.0 Å². The summed E-state index contributed by atoms with van der Waals surface area (Å²) in [5, 5.41) is 4.23. The normalized spacial score (nSPS) is 14.6. The zero-order valence-electron chi connectivity index (χ0n) is 9.33. The fourth-order valence-electron chi connectivity index (χ4n) is 1.55. The molecule has 0 amide bonds. The second-order valence-electron chi connectivity index (χ2n) is 3.92. The summed E-state index contributed by atoms with van der Waals surface area (Å²) in [6, 6.07) is 8.80. The van der Waals surface area contributed by atoms with Crippen molar-refractivity contribution in [2.24, 2.45) is 0 Å². The maximum absolute atomic E-state index is 5.83. The van der Waals surface area contributed by atoms with Gasteiger partial charge in [0, 0.05) is 17.1 Å². The molecule has 1 N–H and O–H groups in total. The SMILES string of the molecule is C=CC(C)NC(C)Cc1ccc(Cl)cc1. The Labute approximate surface area is 97.1 Å². The molecule has 82 valence electrons. The average molecular weight is 224 g/mol. The van der Waals surface area contributed by atoms with Gasteiger partial charge in [0.1, 0.15) is 0 Å². The number of nitrogens with one attached hydrogen (secondary N) is 1. The molecule has 1 rings (SSSR count). The molecule has 0 radical (unpaired) electrons. The van der Waals surface area contributed by atoms with Gasteiger partial charge in [0.2, 0.25) is 0 Å². The van der Waals surface area contributed by atoms with E-state index in [1.165, 1.54) is 5.56 Å². The Morgan fingerprint density at radius 2 is 1.93 bits per heavy atom. The van der Waals surface area contributed by atoms with Crippen molar-refractivity contribution in [2.45, 2.75) is 32.4 Å². The van der Waals surface area contributed by atoms with E-state index in [9.17, 15) is 0 Å². The van der Waals surface area contributed by atoms with E-state index in [0.717, 1.165) is 11.4 Å². The molecular formula is C13H18ClN. The largest absolute Gasteiger partial charge is 0.308 e. The Balaban J connectivity index is 2.47. The minimum Gasteiger partial charge on any atom is -0.308 e. The lowest BCUT2D eigenvalue weighted by molar-refractivity contribution is 0.514. The van der Waals surface area contributed by atoms with Crippen LogP contribution in [0.1, 0.15) is 19.4 Å². The summed E-state index contributed by atoms with van der Waals surface area (Å²) in [6.45, 7) is 8.03. The number of hydrogen-bond donors (Lipinski definition) is 1. The molecule has 0 aliphatic heterocycles. The molecule has 0 heterocycles. The van der Waals surface area contributed by atoms with Gasteiger partial charge in [-0.3, -0.25) is 0 Å². The lowest BCUT2D eigenvalue weighted by Gasteiger charge is -2.17. The summed E-state index contributed by atoms with van der Waals surface area (Å²) in [5.74, 6) is 0. The zero-order chi connectivity index (χ0) is 11.3. The quantitative estimate of drug-likeness (QED) is 0.755. The van der Waals surface area contributed by atoms with Crippen LogP contribution in [-0.2, 0) is 6.42 Å². The van der Waals surface area contributed by atoms with Gasteiger partial charge in [-0.1, -0.05) is 29.8 Å². The average Bonchev–Trinajstić information content (AvgIpc) is 2.21. The third-order valence-corrected chi connectivity index (χ3v) is 2.61. The van der Waals surface area contributed by atoms with Crippen LogP contribution in [0, 0.1) is 0 Å². The minimum atomic E-state index is 0.354. The molecule has 0 aliphatic carbocycles. The van der Waals surface area contributed by atoms with Crippen molar-refractivity contribution >= 4 is 11.6 Å². The smallest absolute Gasteiger partial charge is 0.0406 e. The maximum Gasteiger partial charge on any atom is 0.0406 e. The van der Waals surface area contributed by atoms with Crippen molar-refractivity contribution in [3.63, 3.8) is 0 Å². The Bertz CT molecular complexity index is 305. The first-order valence-electron chi connectivity index (χ1n) is 5.25. The summed E-state index contributed by atoms with van der Waals surface area (Å²) in [7, 11) is 0. The summed E-state index contributed by atoms with van der Waals surface area (Å²) in [6.07, 6.45) is 2.92. The molecule has 0 saturated carbocycles. The Kier molecular flexibility index (Phi) is 4.86. The highest BCUT2D eigenvalue weighted by Gasteiger charge is 2.05. The third kappa shape index (κ3) is 4.50. The number of hydrogen-bond acceptors (Lipinski definition) is 1. The Morgan fingerprint density at radius 3 is 2.47 bits per heavy atom. The van der Waals surface area contributed by atoms with Gasteiger partial charge in [-0.2, -0.15) is 0 Å². The van der Waals surface area contributed by atoms with Gasteiger partial charge >= 0.3 is 0 Å². The maximum atomic E-state index is 5.83. The second-order valence-corrected chi connectivity index (χ2v) is 4.36. The molecule has 0 saturated heterocycles. The van der Waals surface area contributed by atoms with Gasteiger partial charge in [0.15, 0.2) is 0 Å². The zero-order valence-corrected chi connectivity index (χ0v) is 10.1. The lowest BCUT2D eigenvalue weighted by atomic mass is 10.1. The van der Waals surface area contributed by atoms with Crippen LogP contribution in [0.2, 0.25) is 5.02 Å². The molecule has 0 aliphatic rings. The topological polar surface area (TPSA) is 12.0 Å². The van der Waals surface area contributed by atoms with Crippen LogP contribution in [0.5, 0.6) is 0 Å². The molecule has 0 spiro atoms. The molecule has 2 atom stereocenters. The number of benzene rings is 1. The van der Waals surface area contributed by atoms with Crippen LogP contribution < -0.4 is 5.32 Å². The third-order valence-electron chi connectivity index (χ3n) is 2.36. The van der Waals surface area contributed by atoms with E-state index in [2.05, 4.69) is 37.9 Å². The molecule has 0 fully saturated rings. The first-order chi connectivity index (χ1) is 7.11. The van der Waals surface area contributed by atoms with E-state index >= 15 is 0 Å². The van der Waals surface area contributed by atoms with Crippen LogP contribution in [-0.4, -0.2) is 12.1 Å². The highest BCUT2D eigenvalue weighted by molar-refractivity contribution is 6.30. The fourth-order valence-corrected chi connectivity index (χ4v) is 1.68. The van der Waals surface area contributed by atoms with E-state index < -0.39 is 0 Å². The molecular weight excluding hydrogens is 206 g/mol. The molecule has 2 heteroatoms. The van der Waals surface area contributed by atoms with Crippen LogP contribution >= 0.6 is 11.6 Å². The first-order valence-corrected chi connectivity index (χ1v) is 5.62. The van der Waals surface area contributed by atoms with Crippen molar-refractivity contribution in [1.29, 1.82) is 0 Å². The standard InChI is InChI=1S/C13H18ClN/c1-4-10(2)15-11(3)9-12-5-7-13(14)8-6-12/h4-8,10-11,15H,1,9H2,2-3H3. The highest BCUT2D eigenvalue weighted by Crippen LogP contribution is 2.11. The van der Waals surface area contributed by atoms with Crippen molar-refractivity contribution in [3.8, 4) is 0 Å². The van der Waals surface area contributed by atoms with E-state index in [1.807, 2.05) is 18.2 Å². The van der Waals surface area contributed by atoms with Crippen molar-refractivity contribution in [3.05, 3.63) is 47.5 Å². The molecule has 2 unspecified atom stereocenters. The monoisotopic (exact) mass is 223 g/mol. The summed E-state index contributed by atoms with van der Waals surface area (Å²) < 4.78 is 0. The molecule has 1 nitrogen and oxygen atoms in total.